The van der Waals surface area contributed by atoms with Crippen LogP contribution in [0, 0.1) is 0 Å². The molecule has 0 aromatic heterocycles. The van der Waals surface area contributed by atoms with Crippen molar-refractivity contribution < 1.29 is 56.3 Å². The van der Waals surface area contributed by atoms with Crippen LogP contribution < -0.4 is 18.9 Å². The zero-order valence-electron chi connectivity index (χ0n) is 28.8. The number of nitrogens with zero attached hydrogens (tertiary/aromatic N) is 2. The number of benzene rings is 2. The van der Waals surface area contributed by atoms with Crippen LogP contribution in [-0.4, -0.2) is 126 Å². The largest absolute Gasteiger partial charge is 0.493 e. The fraction of sp³-hybridized carbons (Fsp3) is 0.556. The highest BCUT2D eigenvalue weighted by Gasteiger charge is 2.73. The topological polar surface area (TPSA) is 193 Å². The molecule has 1 saturated carbocycles. The number of likely N-dealkylation sites (tertiary alicyclic amines) is 2. The molecule has 2 aromatic rings. The molecule has 4 aliphatic heterocycles. The highest BCUT2D eigenvalue weighted by molar-refractivity contribution is 7.79. The highest BCUT2D eigenvalue weighted by Crippen LogP contribution is 2.65. The van der Waals surface area contributed by atoms with Gasteiger partial charge in [0, 0.05) is 29.6 Å². The summed E-state index contributed by atoms with van der Waals surface area (Å²) in [6.45, 7) is 1.71. The Morgan fingerprint density at radius 3 is 1.88 bits per heavy atom. The summed E-state index contributed by atoms with van der Waals surface area (Å²) >= 11 is 0. The molecule has 4 heterocycles. The lowest BCUT2D eigenvalue weighted by Gasteiger charge is -2.62. The Bertz CT molecular complexity index is 1980. The molecule has 15 heteroatoms. The second-order valence-corrected chi connectivity index (χ2v) is 15.9. The van der Waals surface area contributed by atoms with Crippen molar-refractivity contribution in [2.75, 3.05) is 41.4 Å². The third-order valence-corrected chi connectivity index (χ3v) is 13.1. The molecule has 274 valence electrons. The van der Waals surface area contributed by atoms with Gasteiger partial charge in [0.1, 0.15) is 5.60 Å². The van der Waals surface area contributed by atoms with Crippen molar-refractivity contribution in [1.29, 1.82) is 0 Å². The molecule has 0 radical (unpaired) electrons. The number of carbonyl (C=O) groups is 2. The van der Waals surface area contributed by atoms with Crippen molar-refractivity contribution in [3.8, 4) is 23.0 Å². The van der Waals surface area contributed by atoms with Crippen LogP contribution >= 0.6 is 0 Å². The summed E-state index contributed by atoms with van der Waals surface area (Å²) in [6, 6.07) is 7.96. The van der Waals surface area contributed by atoms with Crippen LogP contribution in [0.3, 0.4) is 0 Å². The molecule has 2 spiro atoms. The SMILES string of the molecule is COc1ccc2c3c1O[C@H]1C(=O)C=C[C@@]4(O)[C@@H](C2)N(C)CC[C@]314.COc1ccc2c3c1O[C@H]1C(=O)CC[C@@]4(O)[C@@H](C2)N(C)CC[C@]314.O=S(=O)(O)O. The van der Waals surface area contributed by atoms with Gasteiger partial charge < -0.3 is 34.1 Å². The number of ketones is 2. The Balaban J connectivity index is 0.000000130. The van der Waals surface area contributed by atoms with E-state index >= 15 is 0 Å². The minimum Gasteiger partial charge on any atom is -0.493 e. The summed E-state index contributed by atoms with van der Waals surface area (Å²) in [6.07, 6.45) is 5.90. The minimum absolute atomic E-state index is 0.0430. The quantitative estimate of drug-likeness (QED) is 0.323. The van der Waals surface area contributed by atoms with E-state index in [4.69, 9.17) is 36.5 Å². The van der Waals surface area contributed by atoms with Crippen molar-refractivity contribution in [3.63, 3.8) is 0 Å². The molecular weight excluding hydrogens is 684 g/mol. The predicted octanol–water partition coefficient (Wildman–Crippen LogP) is 1.22. The number of Topliss-reactive ketones (excluding diaryl/α,β-unsaturated/α-hetero) is 1. The molecule has 0 amide bonds. The summed E-state index contributed by atoms with van der Waals surface area (Å²) in [4.78, 5) is 29.7. The number of piperidine rings is 2. The molecule has 4 bridgehead atoms. The van der Waals surface area contributed by atoms with Gasteiger partial charge >= 0.3 is 10.4 Å². The monoisotopic (exact) mass is 726 g/mol. The molecule has 8 aliphatic rings. The first-order valence-corrected chi connectivity index (χ1v) is 18.5. The number of aliphatic hydroxyl groups is 2. The first-order valence-electron chi connectivity index (χ1n) is 17.1. The van der Waals surface area contributed by atoms with Crippen LogP contribution in [0.4, 0.5) is 0 Å². The third-order valence-electron chi connectivity index (χ3n) is 13.1. The first kappa shape index (κ1) is 34.5. The lowest BCUT2D eigenvalue weighted by Crippen LogP contribution is -2.76. The zero-order chi connectivity index (χ0) is 36.5. The summed E-state index contributed by atoms with van der Waals surface area (Å²) < 4.78 is 54.8. The molecule has 14 nitrogen and oxygen atoms in total. The van der Waals surface area contributed by atoms with Crippen LogP contribution in [0.1, 0.15) is 47.9 Å². The second-order valence-electron chi connectivity index (χ2n) is 15.0. The van der Waals surface area contributed by atoms with E-state index in [1.165, 1.54) is 11.6 Å². The van der Waals surface area contributed by atoms with E-state index in [-0.39, 0.29) is 23.7 Å². The Hall–Kier alpha value is -3.57. The van der Waals surface area contributed by atoms with Gasteiger partial charge in [-0.05, 0) is 94.7 Å². The third kappa shape index (κ3) is 4.39. The first-order chi connectivity index (χ1) is 24.1. The average molecular weight is 727 g/mol. The number of likely N-dealkylation sites (N-methyl/N-ethyl adjacent to an activating group) is 2. The van der Waals surface area contributed by atoms with E-state index in [0.29, 0.717) is 42.3 Å². The summed E-state index contributed by atoms with van der Waals surface area (Å²) in [5, 5.41) is 23.4. The number of hydrogen-bond donors (Lipinski definition) is 4. The van der Waals surface area contributed by atoms with E-state index in [2.05, 4.69) is 29.0 Å². The molecule has 4 N–H and O–H groups in total. The highest BCUT2D eigenvalue weighted by atomic mass is 32.3. The normalized spacial score (nSPS) is 37.4. The van der Waals surface area contributed by atoms with E-state index in [1.807, 2.05) is 19.2 Å². The fourth-order valence-electron chi connectivity index (χ4n) is 11.0. The van der Waals surface area contributed by atoms with E-state index in [0.717, 1.165) is 49.0 Å². The second kappa shape index (κ2) is 11.2. The van der Waals surface area contributed by atoms with Crippen LogP contribution in [-0.2, 0) is 43.7 Å². The molecule has 10 rings (SSSR count). The molecule has 51 heavy (non-hydrogen) atoms. The summed E-state index contributed by atoms with van der Waals surface area (Å²) in [5.41, 5.74) is 1.12. The number of rotatable bonds is 2. The molecule has 2 saturated heterocycles. The van der Waals surface area contributed by atoms with Gasteiger partial charge in [-0.15, -0.1) is 0 Å². The van der Waals surface area contributed by atoms with Crippen LogP contribution in [0.5, 0.6) is 23.0 Å². The van der Waals surface area contributed by atoms with Gasteiger partial charge in [-0.25, -0.2) is 0 Å². The maximum absolute atomic E-state index is 12.7. The lowest BCUT2D eigenvalue weighted by molar-refractivity contribution is -0.185. The molecule has 2 aromatic carbocycles. The fourth-order valence-corrected chi connectivity index (χ4v) is 11.0. The number of ether oxygens (including phenoxy) is 4. The minimum atomic E-state index is -4.67. The van der Waals surface area contributed by atoms with Crippen molar-refractivity contribution in [3.05, 3.63) is 58.7 Å². The van der Waals surface area contributed by atoms with E-state index in [9.17, 15) is 19.8 Å². The van der Waals surface area contributed by atoms with Crippen LogP contribution in [0.25, 0.3) is 0 Å². The number of methoxy groups -OCH3 is 2. The Morgan fingerprint density at radius 2 is 1.29 bits per heavy atom. The van der Waals surface area contributed by atoms with Gasteiger partial charge in [0.05, 0.1) is 30.7 Å². The van der Waals surface area contributed by atoms with E-state index < -0.39 is 44.6 Å². The number of carbonyl (C=O) groups excluding carboxylic acids is 2. The van der Waals surface area contributed by atoms with E-state index in [1.54, 1.807) is 20.3 Å². The Kier molecular flexibility index (Phi) is 7.59. The van der Waals surface area contributed by atoms with Gasteiger partial charge in [-0.3, -0.25) is 23.6 Å². The standard InChI is InChI=1S/C18H21NO4.C18H19NO4.H2O4S/c2*1-19-8-7-17-14-10-3-4-12(22-2)15(14)23-16(17)11(20)5-6-18(17,21)13(19)9-10;1-5(2,3)4/h3-4,13,16,21H,5-9H2,1-2H3;3-6,13,16,21H,7-9H2,1-2H3;(H2,1,2,3,4)/t2*13-,16+,17+,18-;/m11./s1. The average Bonchev–Trinajstić information content (AvgIpc) is 3.62. The van der Waals surface area contributed by atoms with Crippen molar-refractivity contribution in [2.24, 2.45) is 0 Å². The molecule has 8 atom stereocenters. The summed E-state index contributed by atoms with van der Waals surface area (Å²) in [7, 11) is 2.68. The lowest BCUT2D eigenvalue weighted by atomic mass is 9.49. The summed E-state index contributed by atoms with van der Waals surface area (Å²) in [5.74, 6) is 2.69. The Morgan fingerprint density at radius 1 is 0.784 bits per heavy atom. The van der Waals surface area contributed by atoms with Crippen molar-refractivity contribution in [2.45, 2.75) is 84.8 Å². The van der Waals surface area contributed by atoms with Gasteiger partial charge in [0.2, 0.25) is 0 Å². The van der Waals surface area contributed by atoms with Crippen molar-refractivity contribution >= 4 is 22.0 Å². The maximum atomic E-state index is 12.7. The molecule has 4 aliphatic carbocycles. The molecule has 3 fully saturated rings. The van der Waals surface area contributed by atoms with Gasteiger partial charge in [-0.1, -0.05) is 12.1 Å². The van der Waals surface area contributed by atoms with Gasteiger partial charge in [0.15, 0.2) is 46.8 Å². The Labute approximate surface area is 295 Å². The van der Waals surface area contributed by atoms with Crippen molar-refractivity contribution in [1.82, 2.24) is 9.80 Å². The maximum Gasteiger partial charge on any atom is 0.394 e. The smallest absolute Gasteiger partial charge is 0.394 e. The van der Waals surface area contributed by atoms with Gasteiger partial charge in [0.25, 0.3) is 0 Å². The van der Waals surface area contributed by atoms with Crippen LogP contribution in [0.2, 0.25) is 0 Å². The molecule has 0 unspecified atom stereocenters. The van der Waals surface area contributed by atoms with Crippen LogP contribution in [0.15, 0.2) is 36.4 Å². The zero-order valence-corrected chi connectivity index (χ0v) is 29.6. The number of hydrogen-bond acceptors (Lipinski definition) is 12. The molecular formula is C36H42N2O12S. The van der Waals surface area contributed by atoms with Gasteiger partial charge in [-0.2, -0.15) is 8.42 Å². The predicted molar refractivity (Wildman–Crippen MR) is 180 cm³/mol.